The zero-order chi connectivity index (χ0) is 12.8. The van der Waals surface area contributed by atoms with Crippen molar-refractivity contribution in [2.75, 3.05) is 26.2 Å². The van der Waals surface area contributed by atoms with E-state index in [4.69, 9.17) is 5.11 Å². The fourth-order valence-electron chi connectivity index (χ4n) is 3.59. The second-order valence-electron chi connectivity index (χ2n) is 6.17. The summed E-state index contributed by atoms with van der Waals surface area (Å²) < 4.78 is 14.2. The predicted octanol–water partition coefficient (Wildman–Crippen LogP) is 1.95. The lowest BCUT2D eigenvalue weighted by molar-refractivity contribution is 0.0119. The summed E-state index contributed by atoms with van der Waals surface area (Å²) in [5.74, 6) is 0. The van der Waals surface area contributed by atoms with E-state index in [9.17, 15) is 9.18 Å². The summed E-state index contributed by atoms with van der Waals surface area (Å²) in [6, 6.07) is -0.0571. The number of carbonyl (C=O) groups is 1. The highest BCUT2D eigenvalue weighted by molar-refractivity contribution is 5.65. The highest BCUT2D eigenvalue weighted by atomic mass is 19.1. The van der Waals surface area contributed by atoms with Crippen LogP contribution in [-0.4, -0.2) is 59.4 Å². The summed E-state index contributed by atoms with van der Waals surface area (Å²) >= 11 is 0. The van der Waals surface area contributed by atoms with Crippen molar-refractivity contribution < 1.29 is 14.3 Å². The standard InChI is InChI=1S/C13H21FN2O2/c14-10-8-15(12(17)18)7-2-11(10)16-6-1-3-13(9-16)4-5-13/h10-11H,1-9H2,(H,17,18). The van der Waals surface area contributed by atoms with E-state index in [-0.39, 0.29) is 12.6 Å². The molecule has 0 aromatic heterocycles. The number of amides is 1. The van der Waals surface area contributed by atoms with Gasteiger partial charge in [0, 0.05) is 19.1 Å². The Morgan fingerprint density at radius 1 is 1.28 bits per heavy atom. The van der Waals surface area contributed by atoms with Crippen molar-refractivity contribution in [3.8, 4) is 0 Å². The topological polar surface area (TPSA) is 43.8 Å². The molecule has 4 nitrogen and oxygen atoms in total. The first-order valence-electron chi connectivity index (χ1n) is 6.96. The lowest BCUT2D eigenvalue weighted by atomic mass is 9.91. The van der Waals surface area contributed by atoms with Gasteiger partial charge < -0.3 is 10.0 Å². The number of hydrogen-bond donors (Lipinski definition) is 1. The van der Waals surface area contributed by atoms with Crippen LogP contribution < -0.4 is 0 Å². The Kier molecular flexibility index (Phi) is 2.96. The summed E-state index contributed by atoms with van der Waals surface area (Å²) in [6.07, 6.45) is 3.70. The van der Waals surface area contributed by atoms with Crippen LogP contribution in [0.1, 0.15) is 32.1 Å². The van der Waals surface area contributed by atoms with Gasteiger partial charge in [-0.3, -0.25) is 4.90 Å². The van der Waals surface area contributed by atoms with Crippen LogP contribution in [0.25, 0.3) is 0 Å². The van der Waals surface area contributed by atoms with Crippen molar-refractivity contribution in [3.05, 3.63) is 0 Å². The van der Waals surface area contributed by atoms with Gasteiger partial charge in [0.25, 0.3) is 0 Å². The third-order valence-corrected chi connectivity index (χ3v) is 4.89. The van der Waals surface area contributed by atoms with Gasteiger partial charge in [-0.2, -0.15) is 0 Å². The maximum atomic E-state index is 14.2. The van der Waals surface area contributed by atoms with Crippen molar-refractivity contribution in [3.63, 3.8) is 0 Å². The smallest absolute Gasteiger partial charge is 0.407 e. The lowest BCUT2D eigenvalue weighted by Gasteiger charge is -2.43. The predicted molar refractivity (Wildman–Crippen MR) is 65.4 cm³/mol. The van der Waals surface area contributed by atoms with Crippen LogP contribution in [0.4, 0.5) is 9.18 Å². The summed E-state index contributed by atoms with van der Waals surface area (Å²) in [7, 11) is 0. The fraction of sp³-hybridized carbons (Fsp3) is 0.923. The molecule has 1 amide bonds. The van der Waals surface area contributed by atoms with Crippen LogP contribution >= 0.6 is 0 Å². The number of halogens is 1. The second kappa shape index (κ2) is 4.37. The largest absolute Gasteiger partial charge is 0.465 e. The SMILES string of the molecule is O=C(O)N1CCC(N2CCCC3(CC3)C2)C(F)C1. The first kappa shape index (κ1) is 12.2. The van der Waals surface area contributed by atoms with Crippen LogP contribution in [-0.2, 0) is 0 Å². The number of hydrogen-bond acceptors (Lipinski definition) is 2. The molecule has 2 atom stereocenters. The van der Waals surface area contributed by atoms with E-state index in [1.807, 2.05) is 0 Å². The van der Waals surface area contributed by atoms with Crippen molar-refractivity contribution >= 4 is 6.09 Å². The molecule has 2 unspecified atom stereocenters. The third kappa shape index (κ3) is 2.20. The van der Waals surface area contributed by atoms with Crippen molar-refractivity contribution in [2.45, 2.75) is 44.3 Å². The molecule has 0 aromatic rings. The van der Waals surface area contributed by atoms with Crippen molar-refractivity contribution in [2.24, 2.45) is 5.41 Å². The van der Waals surface area contributed by atoms with E-state index in [2.05, 4.69) is 4.90 Å². The minimum Gasteiger partial charge on any atom is -0.465 e. The van der Waals surface area contributed by atoms with E-state index >= 15 is 0 Å². The second-order valence-corrected chi connectivity index (χ2v) is 6.17. The van der Waals surface area contributed by atoms with E-state index in [1.165, 1.54) is 30.6 Å². The average molecular weight is 256 g/mol. The Morgan fingerprint density at radius 2 is 2.06 bits per heavy atom. The molecule has 3 aliphatic rings. The highest BCUT2D eigenvalue weighted by Gasteiger charge is 2.48. The zero-order valence-corrected chi connectivity index (χ0v) is 10.6. The molecule has 5 heteroatoms. The van der Waals surface area contributed by atoms with E-state index < -0.39 is 12.3 Å². The van der Waals surface area contributed by atoms with Gasteiger partial charge in [-0.15, -0.1) is 0 Å². The normalized spacial score (nSPS) is 35.7. The van der Waals surface area contributed by atoms with Gasteiger partial charge in [0.1, 0.15) is 6.17 Å². The summed E-state index contributed by atoms with van der Waals surface area (Å²) in [6.45, 7) is 2.54. The average Bonchev–Trinajstić information content (AvgIpc) is 3.08. The Labute approximate surface area is 107 Å². The van der Waals surface area contributed by atoms with Gasteiger partial charge in [0.2, 0.25) is 0 Å². The number of piperidine rings is 2. The van der Waals surface area contributed by atoms with Gasteiger partial charge >= 0.3 is 6.09 Å². The monoisotopic (exact) mass is 256 g/mol. The van der Waals surface area contributed by atoms with Crippen LogP contribution in [0.2, 0.25) is 0 Å². The van der Waals surface area contributed by atoms with Crippen LogP contribution in [0.3, 0.4) is 0 Å². The fourth-order valence-corrected chi connectivity index (χ4v) is 3.59. The molecule has 0 radical (unpaired) electrons. The number of rotatable bonds is 1. The van der Waals surface area contributed by atoms with Crippen LogP contribution in [0.5, 0.6) is 0 Å². The maximum Gasteiger partial charge on any atom is 0.407 e. The molecule has 2 aliphatic heterocycles. The van der Waals surface area contributed by atoms with Gasteiger partial charge in [-0.25, -0.2) is 9.18 Å². The molecular formula is C13H21FN2O2. The number of nitrogens with zero attached hydrogens (tertiary/aromatic N) is 2. The van der Waals surface area contributed by atoms with E-state index in [0.717, 1.165) is 13.1 Å². The van der Waals surface area contributed by atoms with Gasteiger partial charge in [0.05, 0.1) is 6.54 Å². The number of carboxylic acid groups (broad SMARTS) is 1. The number of likely N-dealkylation sites (tertiary alicyclic amines) is 2. The van der Waals surface area contributed by atoms with Gasteiger partial charge in [-0.05, 0) is 44.1 Å². The zero-order valence-electron chi connectivity index (χ0n) is 10.6. The van der Waals surface area contributed by atoms with Gasteiger partial charge in [-0.1, -0.05) is 0 Å². The molecule has 1 spiro atoms. The molecule has 1 saturated carbocycles. The Morgan fingerprint density at radius 3 is 2.67 bits per heavy atom. The molecular weight excluding hydrogens is 235 g/mol. The van der Waals surface area contributed by atoms with Gasteiger partial charge in [0.15, 0.2) is 0 Å². The summed E-state index contributed by atoms with van der Waals surface area (Å²) in [5, 5.41) is 8.89. The number of alkyl halides is 1. The third-order valence-electron chi connectivity index (χ3n) is 4.89. The minimum atomic E-state index is -1.02. The summed E-state index contributed by atoms with van der Waals surface area (Å²) in [4.78, 5) is 14.3. The van der Waals surface area contributed by atoms with Crippen molar-refractivity contribution in [1.29, 1.82) is 0 Å². The Hall–Kier alpha value is -0.840. The minimum absolute atomic E-state index is 0.0451. The molecule has 0 bridgehead atoms. The first-order valence-corrected chi connectivity index (χ1v) is 6.96. The van der Waals surface area contributed by atoms with Crippen molar-refractivity contribution in [1.82, 2.24) is 9.80 Å². The molecule has 18 heavy (non-hydrogen) atoms. The van der Waals surface area contributed by atoms with Crippen LogP contribution in [0.15, 0.2) is 0 Å². The quantitative estimate of drug-likeness (QED) is 0.780. The Balaban J connectivity index is 1.61. The maximum absolute atomic E-state index is 14.2. The first-order chi connectivity index (χ1) is 8.60. The molecule has 1 aliphatic carbocycles. The van der Waals surface area contributed by atoms with E-state index in [1.54, 1.807) is 0 Å². The molecule has 3 rings (SSSR count). The molecule has 2 heterocycles. The molecule has 0 aromatic carbocycles. The Bertz CT molecular complexity index is 346. The summed E-state index contributed by atoms with van der Waals surface area (Å²) in [5.41, 5.74) is 0.502. The molecule has 1 N–H and O–H groups in total. The molecule has 102 valence electrons. The highest BCUT2D eigenvalue weighted by Crippen LogP contribution is 2.52. The molecule has 3 fully saturated rings. The van der Waals surface area contributed by atoms with E-state index in [0.29, 0.717) is 18.4 Å². The van der Waals surface area contributed by atoms with Crippen LogP contribution in [0, 0.1) is 5.41 Å². The molecule has 2 saturated heterocycles. The lowest BCUT2D eigenvalue weighted by Crippen LogP contribution is -2.55.